The van der Waals surface area contributed by atoms with Crippen LogP contribution in [0.1, 0.15) is 24.2 Å². The molecule has 1 rings (SSSR count). The molecule has 0 radical (unpaired) electrons. The number of rotatable bonds is 5. The highest BCUT2D eigenvalue weighted by molar-refractivity contribution is 6.04. The standard InChI is InChI=1S/C13H19N3O2.ClH/c1-3-16(4-2)13(18)10-7-5-6-8-11(10)15-12(17)9-14;/h5-8H,3-4,9,14H2,1-2H3,(H,15,17);1H. The third-order valence-corrected chi connectivity index (χ3v) is 2.67. The van der Waals surface area contributed by atoms with Crippen LogP contribution in [0, 0.1) is 0 Å². The molecule has 0 saturated heterocycles. The Labute approximate surface area is 119 Å². The summed E-state index contributed by atoms with van der Waals surface area (Å²) in [5.74, 6) is -0.400. The fraction of sp³-hybridized carbons (Fsp3) is 0.385. The second-order valence-electron chi connectivity index (χ2n) is 3.78. The molecule has 1 aromatic carbocycles. The van der Waals surface area contributed by atoms with Gasteiger partial charge in [-0.15, -0.1) is 12.4 Å². The number of halogens is 1. The third kappa shape index (κ3) is 4.54. The molecule has 0 saturated carbocycles. The number of nitrogens with one attached hydrogen (secondary N) is 1. The van der Waals surface area contributed by atoms with Crippen LogP contribution in [-0.2, 0) is 4.79 Å². The molecule has 0 aromatic heterocycles. The molecule has 0 bridgehead atoms. The lowest BCUT2D eigenvalue weighted by Gasteiger charge is -2.20. The predicted octanol–water partition coefficient (Wildman–Crippen LogP) is 1.49. The number of hydrogen-bond acceptors (Lipinski definition) is 3. The summed E-state index contributed by atoms with van der Waals surface area (Å²) in [4.78, 5) is 25.2. The number of nitrogens with two attached hydrogens (primary N) is 1. The van der Waals surface area contributed by atoms with Gasteiger partial charge in [-0.1, -0.05) is 12.1 Å². The van der Waals surface area contributed by atoms with Crippen molar-refractivity contribution in [3.63, 3.8) is 0 Å². The van der Waals surface area contributed by atoms with Crippen LogP contribution in [-0.4, -0.2) is 36.3 Å². The molecular weight excluding hydrogens is 266 g/mol. The van der Waals surface area contributed by atoms with E-state index >= 15 is 0 Å². The maximum absolute atomic E-state index is 12.2. The zero-order chi connectivity index (χ0) is 13.5. The minimum Gasteiger partial charge on any atom is -0.339 e. The van der Waals surface area contributed by atoms with Crippen molar-refractivity contribution >= 4 is 29.9 Å². The highest BCUT2D eigenvalue weighted by Gasteiger charge is 2.16. The van der Waals surface area contributed by atoms with Crippen molar-refractivity contribution in [1.29, 1.82) is 0 Å². The highest BCUT2D eigenvalue weighted by Crippen LogP contribution is 2.17. The molecule has 0 aliphatic carbocycles. The molecule has 106 valence electrons. The Kier molecular flexibility index (Phi) is 7.79. The van der Waals surface area contributed by atoms with Gasteiger partial charge in [-0.05, 0) is 26.0 Å². The van der Waals surface area contributed by atoms with Crippen LogP contribution < -0.4 is 11.1 Å². The van der Waals surface area contributed by atoms with Crippen LogP contribution in [0.5, 0.6) is 0 Å². The molecule has 19 heavy (non-hydrogen) atoms. The molecule has 3 N–H and O–H groups in total. The molecule has 0 aliphatic rings. The maximum Gasteiger partial charge on any atom is 0.255 e. The molecule has 0 unspecified atom stereocenters. The minimum atomic E-state index is -0.310. The van der Waals surface area contributed by atoms with E-state index in [4.69, 9.17) is 5.73 Å². The third-order valence-electron chi connectivity index (χ3n) is 2.67. The molecular formula is C13H20ClN3O2. The van der Waals surface area contributed by atoms with Crippen molar-refractivity contribution < 1.29 is 9.59 Å². The highest BCUT2D eigenvalue weighted by atomic mass is 35.5. The first kappa shape index (κ1) is 17.4. The number of para-hydroxylation sites is 1. The van der Waals surface area contributed by atoms with Crippen molar-refractivity contribution in [2.45, 2.75) is 13.8 Å². The molecule has 0 heterocycles. The van der Waals surface area contributed by atoms with Gasteiger partial charge >= 0.3 is 0 Å². The SMILES string of the molecule is CCN(CC)C(=O)c1ccccc1NC(=O)CN.Cl. The van der Waals surface area contributed by atoms with Crippen LogP contribution >= 0.6 is 12.4 Å². The summed E-state index contributed by atoms with van der Waals surface area (Å²) in [6.45, 7) is 5.00. The largest absolute Gasteiger partial charge is 0.339 e. The Balaban J connectivity index is 0.00000324. The smallest absolute Gasteiger partial charge is 0.255 e. The number of nitrogens with zero attached hydrogens (tertiary/aromatic N) is 1. The molecule has 0 fully saturated rings. The summed E-state index contributed by atoms with van der Waals surface area (Å²) < 4.78 is 0. The van der Waals surface area contributed by atoms with E-state index in [1.807, 2.05) is 13.8 Å². The number of hydrogen-bond donors (Lipinski definition) is 2. The summed E-state index contributed by atoms with van der Waals surface area (Å²) in [5, 5.41) is 2.63. The Bertz CT molecular complexity index is 434. The van der Waals surface area contributed by atoms with E-state index in [-0.39, 0.29) is 30.8 Å². The van der Waals surface area contributed by atoms with Crippen molar-refractivity contribution in [1.82, 2.24) is 4.90 Å². The monoisotopic (exact) mass is 285 g/mol. The zero-order valence-corrected chi connectivity index (χ0v) is 12.0. The van der Waals surface area contributed by atoms with Crippen molar-refractivity contribution in [3.05, 3.63) is 29.8 Å². The lowest BCUT2D eigenvalue weighted by Crippen LogP contribution is -2.31. The average Bonchev–Trinajstić information content (AvgIpc) is 2.40. The van der Waals surface area contributed by atoms with Crippen LogP contribution in [0.15, 0.2) is 24.3 Å². The number of benzene rings is 1. The Morgan fingerprint density at radius 1 is 1.21 bits per heavy atom. The normalized spacial score (nSPS) is 9.42. The van der Waals surface area contributed by atoms with Crippen molar-refractivity contribution in [2.24, 2.45) is 5.73 Å². The zero-order valence-electron chi connectivity index (χ0n) is 11.2. The van der Waals surface area contributed by atoms with E-state index in [0.29, 0.717) is 24.3 Å². The van der Waals surface area contributed by atoms with Gasteiger partial charge in [0.15, 0.2) is 0 Å². The van der Waals surface area contributed by atoms with Gasteiger partial charge in [0.2, 0.25) is 5.91 Å². The quantitative estimate of drug-likeness (QED) is 0.860. The second kappa shape index (κ2) is 8.50. The van der Waals surface area contributed by atoms with E-state index in [9.17, 15) is 9.59 Å². The summed E-state index contributed by atoms with van der Waals surface area (Å²) >= 11 is 0. The van der Waals surface area contributed by atoms with E-state index in [2.05, 4.69) is 5.32 Å². The topological polar surface area (TPSA) is 75.4 Å². The van der Waals surface area contributed by atoms with Crippen LogP contribution in [0.2, 0.25) is 0 Å². The van der Waals surface area contributed by atoms with Gasteiger partial charge in [0.25, 0.3) is 5.91 Å². The lowest BCUT2D eigenvalue weighted by molar-refractivity contribution is -0.114. The molecule has 0 aliphatic heterocycles. The van der Waals surface area contributed by atoms with Gasteiger partial charge in [0.05, 0.1) is 17.8 Å². The van der Waals surface area contributed by atoms with Crippen molar-refractivity contribution in [2.75, 3.05) is 25.0 Å². The van der Waals surface area contributed by atoms with Gasteiger partial charge < -0.3 is 16.0 Å². The first-order valence-electron chi connectivity index (χ1n) is 6.02. The summed E-state index contributed by atoms with van der Waals surface area (Å²) in [7, 11) is 0. The van der Waals surface area contributed by atoms with Crippen LogP contribution in [0.3, 0.4) is 0 Å². The number of carbonyl (C=O) groups is 2. The maximum atomic E-state index is 12.2. The summed E-state index contributed by atoms with van der Waals surface area (Å²) in [6.07, 6.45) is 0. The van der Waals surface area contributed by atoms with Gasteiger partial charge in [-0.25, -0.2) is 0 Å². The summed E-state index contributed by atoms with van der Waals surface area (Å²) in [5.41, 5.74) is 6.24. The van der Waals surface area contributed by atoms with Crippen LogP contribution in [0.25, 0.3) is 0 Å². The predicted molar refractivity (Wildman–Crippen MR) is 78.6 cm³/mol. The Hall–Kier alpha value is -1.59. The number of amides is 2. The number of anilines is 1. The fourth-order valence-corrected chi connectivity index (χ4v) is 1.66. The molecule has 2 amide bonds. The number of carbonyl (C=O) groups excluding carboxylic acids is 2. The van der Waals surface area contributed by atoms with Gasteiger partial charge in [0, 0.05) is 13.1 Å². The lowest BCUT2D eigenvalue weighted by atomic mass is 10.1. The Morgan fingerprint density at radius 3 is 2.32 bits per heavy atom. The van der Waals surface area contributed by atoms with Gasteiger partial charge in [0.1, 0.15) is 0 Å². The van der Waals surface area contributed by atoms with Gasteiger partial charge in [-0.2, -0.15) is 0 Å². The van der Waals surface area contributed by atoms with Crippen LogP contribution in [0.4, 0.5) is 5.69 Å². The van der Waals surface area contributed by atoms with E-state index < -0.39 is 0 Å². The van der Waals surface area contributed by atoms with Gasteiger partial charge in [-0.3, -0.25) is 9.59 Å². The molecule has 0 atom stereocenters. The molecule has 6 heteroatoms. The Morgan fingerprint density at radius 2 is 1.79 bits per heavy atom. The molecule has 5 nitrogen and oxygen atoms in total. The molecule has 0 spiro atoms. The fourth-order valence-electron chi connectivity index (χ4n) is 1.66. The summed E-state index contributed by atoms with van der Waals surface area (Å²) in [6, 6.07) is 6.94. The minimum absolute atomic E-state index is 0. The first-order valence-corrected chi connectivity index (χ1v) is 6.02. The first-order chi connectivity index (χ1) is 8.63. The molecule has 1 aromatic rings. The van der Waals surface area contributed by atoms with E-state index in [1.165, 1.54) is 0 Å². The second-order valence-corrected chi connectivity index (χ2v) is 3.78. The van der Waals surface area contributed by atoms with Crippen molar-refractivity contribution in [3.8, 4) is 0 Å². The average molecular weight is 286 g/mol. The van der Waals surface area contributed by atoms with E-state index in [0.717, 1.165) is 0 Å². The van der Waals surface area contributed by atoms with E-state index in [1.54, 1.807) is 29.2 Å².